The summed E-state index contributed by atoms with van der Waals surface area (Å²) in [7, 11) is 0. The zero-order valence-electron chi connectivity index (χ0n) is 12.0. The van der Waals surface area contributed by atoms with Gasteiger partial charge in [-0.2, -0.15) is 18.3 Å². The van der Waals surface area contributed by atoms with Crippen molar-refractivity contribution in [2.24, 2.45) is 5.10 Å². The van der Waals surface area contributed by atoms with Crippen LogP contribution >= 0.6 is 12.2 Å². The lowest BCUT2D eigenvalue weighted by molar-refractivity contribution is -0.137. The first-order valence-electron chi connectivity index (χ1n) is 6.74. The molecule has 0 aliphatic carbocycles. The van der Waals surface area contributed by atoms with Gasteiger partial charge in [0.2, 0.25) is 0 Å². The highest BCUT2D eigenvalue weighted by Crippen LogP contribution is 2.30. The molecule has 0 saturated carbocycles. The summed E-state index contributed by atoms with van der Waals surface area (Å²) < 4.78 is 38.5. The second kappa shape index (κ2) is 7.73. The highest BCUT2D eigenvalue weighted by atomic mass is 32.1. The Morgan fingerprint density at radius 1 is 1.04 bits per heavy atom. The van der Waals surface area contributed by atoms with Crippen molar-refractivity contribution in [1.82, 2.24) is 10.7 Å². The smallest absolute Gasteiger partial charge is 0.357 e. The van der Waals surface area contributed by atoms with Crippen molar-refractivity contribution < 1.29 is 13.2 Å². The lowest BCUT2D eigenvalue weighted by Crippen LogP contribution is -2.31. The van der Waals surface area contributed by atoms with Crippen LogP contribution in [-0.4, -0.2) is 11.3 Å². The van der Waals surface area contributed by atoms with E-state index in [4.69, 9.17) is 12.2 Å². The average Bonchev–Trinajstić information content (AvgIpc) is 2.53. The third-order valence-electron chi connectivity index (χ3n) is 2.93. The standard InChI is InChI=1S/C16H14F3N3S/c17-16(18,19)14-9-5-4-8-13(14)11-21-22-15(23)20-10-12-6-2-1-3-7-12/h1-9,11H,10H2,(H2,20,22,23)/b21-11-. The number of nitrogens with zero attached hydrogens (tertiary/aromatic N) is 1. The Kier molecular flexibility index (Phi) is 5.70. The predicted molar refractivity (Wildman–Crippen MR) is 88.1 cm³/mol. The van der Waals surface area contributed by atoms with E-state index in [-0.39, 0.29) is 10.7 Å². The van der Waals surface area contributed by atoms with Gasteiger partial charge in [0.05, 0.1) is 11.8 Å². The molecule has 2 rings (SSSR count). The number of hydrazone groups is 1. The molecule has 2 aromatic carbocycles. The van der Waals surface area contributed by atoms with Crippen molar-refractivity contribution in [3.05, 3.63) is 71.3 Å². The van der Waals surface area contributed by atoms with E-state index in [1.54, 1.807) is 0 Å². The van der Waals surface area contributed by atoms with Gasteiger partial charge in [0.1, 0.15) is 0 Å². The lowest BCUT2D eigenvalue weighted by Gasteiger charge is -2.10. The number of halogens is 3. The SMILES string of the molecule is FC(F)(F)c1ccccc1/C=N\NC(=S)NCc1ccccc1. The monoisotopic (exact) mass is 337 g/mol. The highest BCUT2D eigenvalue weighted by molar-refractivity contribution is 7.80. The number of hydrogen-bond donors (Lipinski definition) is 2. The predicted octanol–water partition coefficient (Wildman–Crippen LogP) is 3.70. The molecule has 3 nitrogen and oxygen atoms in total. The number of thiocarbonyl (C=S) groups is 1. The van der Waals surface area contributed by atoms with E-state index < -0.39 is 11.7 Å². The van der Waals surface area contributed by atoms with Crippen LogP contribution in [-0.2, 0) is 12.7 Å². The molecule has 120 valence electrons. The zero-order valence-corrected chi connectivity index (χ0v) is 12.8. The molecule has 0 saturated heterocycles. The van der Waals surface area contributed by atoms with Crippen molar-refractivity contribution in [3.63, 3.8) is 0 Å². The summed E-state index contributed by atoms with van der Waals surface area (Å²) in [4.78, 5) is 0. The molecular weight excluding hydrogens is 323 g/mol. The third kappa shape index (κ3) is 5.37. The molecule has 0 amide bonds. The number of benzene rings is 2. The van der Waals surface area contributed by atoms with Crippen molar-refractivity contribution in [2.45, 2.75) is 12.7 Å². The van der Waals surface area contributed by atoms with Crippen LogP contribution in [0.3, 0.4) is 0 Å². The number of rotatable bonds is 4. The molecule has 0 aliphatic rings. The Hall–Kier alpha value is -2.41. The Balaban J connectivity index is 1.91. The van der Waals surface area contributed by atoms with Gasteiger partial charge in [-0.05, 0) is 23.8 Å². The molecule has 0 radical (unpaired) electrons. The minimum Gasteiger partial charge on any atom is -0.357 e. The van der Waals surface area contributed by atoms with E-state index in [1.807, 2.05) is 30.3 Å². The van der Waals surface area contributed by atoms with Gasteiger partial charge in [0.25, 0.3) is 0 Å². The van der Waals surface area contributed by atoms with E-state index in [0.29, 0.717) is 6.54 Å². The summed E-state index contributed by atoms with van der Waals surface area (Å²) in [6, 6.07) is 14.8. The normalized spacial score (nSPS) is 11.4. The Morgan fingerprint density at radius 3 is 2.39 bits per heavy atom. The topological polar surface area (TPSA) is 36.4 Å². The highest BCUT2D eigenvalue weighted by Gasteiger charge is 2.32. The maximum atomic E-state index is 12.8. The maximum absolute atomic E-state index is 12.8. The van der Waals surface area contributed by atoms with E-state index >= 15 is 0 Å². The first-order valence-corrected chi connectivity index (χ1v) is 7.14. The molecule has 0 aliphatic heterocycles. The van der Waals surface area contributed by atoms with Gasteiger partial charge in [-0.1, -0.05) is 48.5 Å². The van der Waals surface area contributed by atoms with Gasteiger partial charge in [0, 0.05) is 12.1 Å². The van der Waals surface area contributed by atoms with Crippen LogP contribution in [0.2, 0.25) is 0 Å². The molecule has 0 spiro atoms. The fraction of sp³-hybridized carbons (Fsp3) is 0.125. The summed E-state index contributed by atoms with van der Waals surface area (Å²) in [5, 5.41) is 6.89. The molecule has 7 heteroatoms. The van der Waals surface area contributed by atoms with Crippen LogP contribution in [0.5, 0.6) is 0 Å². The van der Waals surface area contributed by atoms with Crippen LogP contribution in [0.15, 0.2) is 59.7 Å². The van der Waals surface area contributed by atoms with Crippen LogP contribution in [0.25, 0.3) is 0 Å². The Morgan fingerprint density at radius 2 is 1.70 bits per heavy atom. The molecule has 0 atom stereocenters. The van der Waals surface area contributed by atoms with Gasteiger partial charge in [0.15, 0.2) is 5.11 Å². The number of nitrogens with one attached hydrogen (secondary N) is 2. The van der Waals surface area contributed by atoms with Gasteiger partial charge < -0.3 is 5.32 Å². The first kappa shape index (κ1) is 17.0. The summed E-state index contributed by atoms with van der Waals surface area (Å²) >= 11 is 5.02. The second-order valence-corrected chi connectivity index (χ2v) is 5.03. The lowest BCUT2D eigenvalue weighted by atomic mass is 10.1. The minimum atomic E-state index is -4.42. The number of hydrogen-bond acceptors (Lipinski definition) is 2. The number of alkyl halides is 3. The Bertz CT molecular complexity index is 684. The maximum Gasteiger partial charge on any atom is 0.417 e. The molecular formula is C16H14F3N3S. The summed E-state index contributed by atoms with van der Waals surface area (Å²) in [5.74, 6) is 0. The molecule has 23 heavy (non-hydrogen) atoms. The fourth-order valence-corrected chi connectivity index (χ4v) is 1.97. The first-order chi connectivity index (χ1) is 11.0. The van der Waals surface area contributed by atoms with Crippen molar-refractivity contribution >= 4 is 23.5 Å². The van der Waals surface area contributed by atoms with Crippen LogP contribution < -0.4 is 10.7 Å². The van der Waals surface area contributed by atoms with Gasteiger partial charge in [-0.15, -0.1) is 0 Å². The minimum absolute atomic E-state index is 0.0293. The van der Waals surface area contributed by atoms with Gasteiger partial charge in [-0.3, -0.25) is 5.43 Å². The van der Waals surface area contributed by atoms with Crippen molar-refractivity contribution in [2.75, 3.05) is 0 Å². The van der Waals surface area contributed by atoms with Crippen LogP contribution in [0.1, 0.15) is 16.7 Å². The zero-order chi connectivity index (χ0) is 16.7. The summed E-state index contributed by atoms with van der Waals surface area (Å²) in [6.07, 6.45) is -3.33. The van der Waals surface area contributed by atoms with E-state index in [9.17, 15) is 13.2 Å². The Labute approximate surface area is 137 Å². The van der Waals surface area contributed by atoms with Crippen LogP contribution in [0.4, 0.5) is 13.2 Å². The molecule has 2 N–H and O–H groups in total. The largest absolute Gasteiger partial charge is 0.417 e. The molecule has 0 aromatic heterocycles. The van der Waals surface area contributed by atoms with Crippen molar-refractivity contribution in [1.29, 1.82) is 0 Å². The quantitative estimate of drug-likeness (QED) is 0.507. The molecule has 0 unspecified atom stereocenters. The average molecular weight is 337 g/mol. The van der Waals surface area contributed by atoms with E-state index in [0.717, 1.165) is 17.8 Å². The summed E-state index contributed by atoms with van der Waals surface area (Å²) in [5.41, 5.74) is 2.76. The molecule has 0 fully saturated rings. The van der Waals surface area contributed by atoms with Gasteiger partial charge >= 0.3 is 6.18 Å². The van der Waals surface area contributed by atoms with Crippen molar-refractivity contribution in [3.8, 4) is 0 Å². The van der Waals surface area contributed by atoms with E-state index in [2.05, 4.69) is 15.8 Å². The summed E-state index contributed by atoms with van der Waals surface area (Å²) in [6.45, 7) is 0.501. The second-order valence-electron chi connectivity index (χ2n) is 4.62. The fourth-order valence-electron chi connectivity index (χ4n) is 1.85. The molecule has 0 bridgehead atoms. The molecule has 2 aromatic rings. The van der Waals surface area contributed by atoms with Gasteiger partial charge in [-0.25, -0.2) is 0 Å². The third-order valence-corrected chi connectivity index (χ3v) is 3.17. The van der Waals surface area contributed by atoms with E-state index in [1.165, 1.54) is 18.2 Å². The van der Waals surface area contributed by atoms with Crippen LogP contribution in [0, 0.1) is 0 Å². The molecule has 0 heterocycles.